The largest absolute Gasteiger partial charge is 0.274 e. The lowest BCUT2D eigenvalue weighted by atomic mass is 10.2. The van der Waals surface area contributed by atoms with Crippen molar-refractivity contribution in [2.45, 2.75) is 39.2 Å². The molecule has 0 aliphatic rings. The molecule has 0 heterocycles. The van der Waals surface area contributed by atoms with Crippen molar-refractivity contribution in [1.82, 2.24) is 4.72 Å². The number of unbranched alkanes of at least 4 members (excludes halogenated alkanes) is 1. The van der Waals surface area contributed by atoms with Crippen LogP contribution in [0.3, 0.4) is 0 Å². The standard InChI is InChI=1S/C6H16N2O2S/c1-3-4-5-6(2)8-11(7,9)10/h6,8H,3-5H2,1-2H3,(H2,7,9,10). The normalized spacial score (nSPS) is 14.8. The molecule has 11 heavy (non-hydrogen) atoms. The van der Waals surface area contributed by atoms with Crippen LogP contribution in [0.15, 0.2) is 0 Å². The summed E-state index contributed by atoms with van der Waals surface area (Å²) in [5.41, 5.74) is 0. The maximum atomic E-state index is 10.5. The molecule has 0 aromatic rings. The van der Waals surface area contributed by atoms with E-state index in [4.69, 9.17) is 5.14 Å². The smallest absolute Gasteiger partial charge is 0.216 e. The Balaban J connectivity index is 3.61. The first-order valence-electron chi connectivity index (χ1n) is 3.75. The maximum absolute atomic E-state index is 10.5. The zero-order chi connectivity index (χ0) is 8.91. The van der Waals surface area contributed by atoms with Crippen LogP contribution < -0.4 is 9.86 Å². The van der Waals surface area contributed by atoms with Crippen molar-refractivity contribution < 1.29 is 8.42 Å². The highest BCUT2D eigenvalue weighted by atomic mass is 32.2. The molecular weight excluding hydrogens is 164 g/mol. The fourth-order valence-corrected chi connectivity index (χ4v) is 1.53. The predicted octanol–water partition coefficient (Wildman–Crippen LogP) is 0.358. The molecule has 0 aliphatic heterocycles. The summed E-state index contributed by atoms with van der Waals surface area (Å²) >= 11 is 0. The quantitative estimate of drug-likeness (QED) is 0.641. The zero-order valence-corrected chi connectivity index (χ0v) is 7.82. The van der Waals surface area contributed by atoms with Gasteiger partial charge in [-0.25, -0.2) is 5.14 Å². The summed E-state index contributed by atoms with van der Waals surface area (Å²) in [5, 5.41) is 4.77. The van der Waals surface area contributed by atoms with Crippen molar-refractivity contribution >= 4 is 10.2 Å². The van der Waals surface area contributed by atoms with Crippen molar-refractivity contribution in [2.24, 2.45) is 5.14 Å². The Labute approximate surface area is 68.3 Å². The van der Waals surface area contributed by atoms with Gasteiger partial charge in [-0.1, -0.05) is 19.8 Å². The molecule has 0 bridgehead atoms. The molecule has 0 saturated carbocycles. The minimum atomic E-state index is -3.50. The van der Waals surface area contributed by atoms with Crippen LogP contribution in [0.5, 0.6) is 0 Å². The number of nitrogens with two attached hydrogens (primary N) is 1. The van der Waals surface area contributed by atoms with Gasteiger partial charge in [0.1, 0.15) is 0 Å². The van der Waals surface area contributed by atoms with Gasteiger partial charge in [0.25, 0.3) is 10.2 Å². The van der Waals surface area contributed by atoms with Crippen LogP contribution in [0.25, 0.3) is 0 Å². The van der Waals surface area contributed by atoms with E-state index in [9.17, 15) is 8.42 Å². The average molecular weight is 180 g/mol. The SMILES string of the molecule is CCCCC(C)NS(N)(=O)=O. The van der Waals surface area contributed by atoms with Gasteiger partial charge in [-0.15, -0.1) is 0 Å². The second-order valence-electron chi connectivity index (χ2n) is 2.71. The van der Waals surface area contributed by atoms with Crippen LogP contribution in [0.1, 0.15) is 33.1 Å². The monoisotopic (exact) mass is 180 g/mol. The lowest BCUT2D eigenvalue weighted by molar-refractivity contribution is 0.535. The topological polar surface area (TPSA) is 72.2 Å². The van der Waals surface area contributed by atoms with Crippen LogP contribution in [0, 0.1) is 0 Å². The second kappa shape index (κ2) is 4.69. The summed E-state index contributed by atoms with van der Waals surface area (Å²) in [6.45, 7) is 3.86. The van der Waals surface area contributed by atoms with Crippen LogP contribution in [-0.4, -0.2) is 14.5 Å². The molecule has 4 nitrogen and oxygen atoms in total. The lowest BCUT2D eigenvalue weighted by Crippen LogP contribution is -2.37. The molecule has 0 radical (unpaired) electrons. The molecule has 0 spiro atoms. The molecule has 0 aromatic carbocycles. The molecule has 0 aliphatic carbocycles. The highest BCUT2D eigenvalue weighted by Gasteiger charge is 2.07. The van der Waals surface area contributed by atoms with E-state index in [1.54, 1.807) is 6.92 Å². The molecule has 68 valence electrons. The zero-order valence-electron chi connectivity index (χ0n) is 7.00. The highest BCUT2D eigenvalue weighted by molar-refractivity contribution is 7.87. The van der Waals surface area contributed by atoms with Crippen LogP contribution in [0.4, 0.5) is 0 Å². The Hall–Kier alpha value is -0.130. The van der Waals surface area contributed by atoms with Crippen LogP contribution in [0.2, 0.25) is 0 Å². The van der Waals surface area contributed by atoms with Gasteiger partial charge in [-0.3, -0.25) is 0 Å². The van der Waals surface area contributed by atoms with Gasteiger partial charge in [0.05, 0.1) is 0 Å². The van der Waals surface area contributed by atoms with E-state index in [1.165, 1.54) is 0 Å². The van der Waals surface area contributed by atoms with Gasteiger partial charge in [0.2, 0.25) is 0 Å². The molecule has 3 N–H and O–H groups in total. The predicted molar refractivity (Wildman–Crippen MR) is 45.2 cm³/mol. The van der Waals surface area contributed by atoms with Crippen molar-refractivity contribution in [3.05, 3.63) is 0 Å². The number of hydrogen-bond donors (Lipinski definition) is 2. The molecular formula is C6H16N2O2S. The Bertz CT molecular complexity index is 189. The van der Waals surface area contributed by atoms with Crippen LogP contribution >= 0.6 is 0 Å². The number of rotatable bonds is 5. The summed E-state index contributed by atoms with van der Waals surface area (Å²) in [7, 11) is -3.50. The summed E-state index contributed by atoms with van der Waals surface area (Å²) in [6, 6.07) is -0.0510. The van der Waals surface area contributed by atoms with Crippen molar-refractivity contribution in [1.29, 1.82) is 0 Å². The Morgan fingerprint density at radius 2 is 2.09 bits per heavy atom. The van der Waals surface area contributed by atoms with E-state index >= 15 is 0 Å². The fourth-order valence-electron chi connectivity index (χ4n) is 0.850. The van der Waals surface area contributed by atoms with E-state index in [0.717, 1.165) is 19.3 Å². The van der Waals surface area contributed by atoms with E-state index in [0.29, 0.717) is 0 Å². The molecule has 0 aromatic heterocycles. The van der Waals surface area contributed by atoms with Crippen molar-refractivity contribution in [2.75, 3.05) is 0 Å². The van der Waals surface area contributed by atoms with Gasteiger partial charge < -0.3 is 0 Å². The summed E-state index contributed by atoms with van der Waals surface area (Å²) in [5.74, 6) is 0. The van der Waals surface area contributed by atoms with E-state index < -0.39 is 10.2 Å². The molecule has 0 fully saturated rings. The van der Waals surface area contributed by atoms with Crippen LogP contribution in [-0.2, 0) is 10.2 Å². The number of nitrogens with one attached hydrogen (secondary N) is 1. The second-order valence-corrected chi connectivity index (χ2v) is 4.03. The third-order valence-electron chi connectivity index (χ3n) is 1.36. The lowest BCUT2D eigenvalue weighted by Gasteiger charge is -2.09. The van der Waals surface area contributed by atoms with Crippen molar-refractivity contribution in [3.63, 3.8) is 0 Å². The Kier molecular flexibility index (Phi) is 4.63. The van der Waals surface area contributed by atoms with E-state index in [1.807, 2.05) is 0 Å². The van der Waals surface area contributed by atoms with Gasteiger partial charge in [-0.2, -0.15) is 13.1 Å². The number of hydrogen-bond acceptors (Lipinski definition) is 2. The maximum Gasteiger partial charge on any atom is 0.274 e. The van der Waals surface area contributed by atoms with Gasteiger partial charge in [0, 0.05) is 6.04 Å². The fraction of sp³-hybridized carbons (Fsp3) is 1.00. The molecule has 1 unspecified atom stereocenters. The molecule has 0 saturated heterocycles. The van der Waals surface area contributed by atoms with E-state index in [-0.39, 0.29) is 6.04 Å². The third kappa shape index (κ3) is 7.77. The summed E-state index contributed by atoms with van der Waals surface area (Å²) in [6.07, 6.45) is 2.92. The first-order valence-corrected chi connectivity index (χ1v) is 5.30. The van der Waals surface area contributed by atoms with Crippen molar-refractivity contribution in [3.8, 4) is 0 Å². The summed E-state index contributed by atoms with van der Waals surface area (Å²) < 4.78 is 23.2. The van der Waals surface area contributed by atoms with Gasteiger partial charge >= 0.3 is 0 Å². The first kappa shape index (κ1) is 10.9. The molecule has 5 heteroatoms. The summed E-state index contributed by atoms with van der Waals surface area (Å²) in [4.78, 5) is 0. The third-order valence-corrected chi connectivity index (χ3v) is 2.09. The highest BCUT2D eigenvalue weighted by Crippen LogP contribution is 1.99. The first-order chi connectivity index (χ1) is 4.95. The minimum absolute atomic E-state index is 0.0510. The van der Waals surface area contributed by atoms with Gasteiger partial charge in [-0.05, 0) is 13.3 Å². The van der Waals surface area contributed by atoms with E-state index in [2.05, 4.69) is 11.6 Å². The Morgan fingerprint density at radius 3 is 2.45 bits per heavy atom. The minimum Gasteiger partial charge on any atom is -0.216 e. The molecule has 0 amide bonds. The molecule has 0 rings (SSSR count). The Morgan fingerprint density at radius 1 is 1.55 bits per heavy atom. The average Bonchev–Trinajstić information content (AvgIpc) is 1.79. The molecule has 1 atom stereocenters. The van der Waals surface area contributed by atoms with Gasteiger partial charge in [0.15, 0.2) is 0 Å².